The third-order valence-electron chi connectivity index (χ3n) is 2.21. The number of aliphatic hydroxyl groups is 1. The van der Waals surface area contributed by atoms with E-state index in [1.165, 1.54) is 0 Å². The highest BCUT2D eigenvalue weighted by Crippen LogP contribution is 2.18. The van der Waals surface area contributed by atoms with Crippen LogP contribution in [0, 0.1) is 11.8 Å². The van der Waals surface area contributed by atoms with Gasteiger partial charge in [0.25, 0.3) is 0 Å². The first-order chi connectivity index (χ1) is 5.25. The first kappa shape index (κ1) is 8.49. The van der Waals surface area contributed by atoms with Crippen LogP contribution in [0.5, 0.6) is 0 Å². The van der Waals surface area contributed by atoms with Gasteiger partial charge in [-0.2, -0.15) is 0 Å². The SMILES string of the molecule is NC(=O)[C@@H]1CNCC1CCO. The predicted octanol–water partition coefficient (Wildman–Crippen LogP) is -1.31. The van der Waals surface area contributed by atoms with Gasteiger partial charge in [-0.1, -0.05) is 0 Å². The van der Waals surface area contributed by atoms with Crippen LogP contribution in [0.15, 0.2) is 0 Å². The van der Waals surface area contributed by atoms with Crippen molar-refractivity contribution in [2.45, 2.75) is 6.42 Å². The lowest BCUT2D eigenvalue weighted by Crippen LogP contribution is -2.29. The molecular formula is C7H14N2O2. The maximum absolute atomic E-state index is 10.8. The molecule has 11 heavy (non-hydrogen) atoms. The van der Waals surface area contributed by atoms with Gasteiger partial charge in [-0.25, -0.2) is 0 Å². The minimum atomic E-state index is -0.256. The van der Waals surface area contributed by atoms with Crippen molar-refractivity contribution in [3.63, 3.8) is 0 Å². The van der Waals surface area contributed by atoms with Gasteiger partial charge in [0.2, 0.25) is 5.91 Å². The fraction of sp³-hybridized carbons (Fsp3) is 0.857. The van der Waals surface area contributed by atoms with Crippen LogP contribution < -0.4 is 11.1 Å². The zero-order valence-corrected chi connectivity index (χ0v) is 6.42. The zero-order valence-electron chi connectivity index (χ0n) is 6.42. The molecule has 1 unspecified atom stereocenters. The first-order valence-electron chi connectivity index (χ1n) is 3.86. The van der Waals surface area contributed by atoms with Gasteiger partial charge in [0, 0.05) is 13.2 Å². The van der Waals surface area contributed by atoms with E-state index in [0.29, 0.717) is 13.0 Å². The van der Waals surface area contributed by atoms with Crippen LogP contribution in [0.1, 0.15) is 6.42 Å². The van der Waals surface area contributed by atoms with Crippen molar-refractivity contribution < 1.29 is 9.90 Å². The second kappa shape index (κ2) is 3.69. The van der Waals surface area contributed by atoms with Crippen LogP contribution in [0.3, 0.4) is 0 Å². The zero-order chi connectivity index (χ0) is 8.27. The summed E-state index contributed by atoms with van der Waals surface area (Å²) in [4.78, 5) is 10.8. The van der Waals surface area contributed by atoms with Gasteiger partial charge in [0.1, 0.15) is 0 Å². The van der Waals surface area contributed by atoms with E-state index in [9.17, 15) is 4.79 Å². The minimum absolute atomic E-state index is 0.0813. The Labute approximate surface area is 65.8 Å². The van der Waals surface area contributed by atoms with Crippen molar-refractivity contribution >= 4 is 5.91 Å². The molecule has 2 atom stereocenters. The Bertz CT molecular complexity index is 149. The molecule has 0 bridgehead atoms. The molecule has 1 aliphatic heterocycles. The van der Waals surface area contributed by atoms with Crippen LogP contribution in [0.2, 0.25) is 0 Å². The molecule has 4 nitrogen and oxygen atoms in total. The van der Waals surface area contributed by atoms with Crippen LogP contribution in [0.25, 0.3) is 0 Å². The second-order valence-electron chi connectivity index (χ2n) is 2.94. The van der Waals surface area contributed by atoms with Crippen LogP contribution in [0.4, 0.5) is 0 Å². The van der Waals surface area contributed by atoms with Crippen molar-refractivity contribution in [1.82, 2.24) is 5.32 Å². The highest BCUT2D eigenvalue weighted by molar-refractivity contribution is 5.77. The summed E-state index contributed by atoms with van der Waals surface area (Å²) in [6, 6.07) is 0. The van der Waals surface area contributed by atoms with Gasteiger partial charge in [-0.05, 0) is 18.9 Å². The Morgan fingerprint density at radius 3 is 2.91 bits per heavy atom. The smallest absolute Gasteiger partial charge is 0.222 e. The van der Waals surface area contributed by atoms with Gasteiger partial charge >= 0.3 is 0 Å². The monoisotopic (exact) mass is 158 g/mol. The van der Waals surface area contributed by atoms with Crippen LogP contribution in [-0.4, -0.2) is 30.7 Å². The summed E-state index contributed by atoms with van der Waals surface area (Å²) in [5, 5.41) is 11.7. The second-order valence-corrected chi connectivity index (χ2v) is 2.94. The highest BCUT2D eigenvalue weighted by atomic mass is 16.3. The fourth-order valence-electron chi connectivity index (χ4n) is 1.54. The molecule has 1 aliphatic rings. The van der Waals surface area contributed by atoms with Crippen molar-refractivity contribution in [3.05, 3.63) is 0 Å². The average molecular weight is 158 g/mol. The van der Waals surface area contributed by atoms with Crippen molar-refractivity contribution in [3.8, 4) is 0 Å². The van der Waals surface area contributed by atoms with Gasteiger partial charge in [0.05, 0.1) is 5.92 Å². The van der Waals surface area contributed by atoms with E-state index >= 15 is 0 Å². The maximum atomic E-state index is 10.8. The lowest BCUT2D eigenvalue weighted by atomic mass is 9.93. The third-order valence-corrected chi connectivity index (χ3v) is 2.21. The lowest BCUT2D eigenvalue weighted by Gasteiger charge is -2.12. The Hall–Kier alpha value is -0.610. The highest BCUT2D eigenvalue weighted by Gasteiger charge is 2.30. The number of hydrogen-bond acceptors (Lipinski definition) is 3. The van der Waals surface area contributed by atoms with Gasteiger partial charge in [0.15, 0.2) is 0 Å². The fourth-order valence-corrected chi connectivity index (χ4v) is 1.54. The molecule has 4 N–H and O–H groups in total. The third kappa shape index (κ3) is 1.91. The number of nitrogens with two attached hydrogens (primary N) is 1. The van der Waals surface area contributed by atoms with E-state index in [1.54, 1.807) is 0 Å². The van der Waals surface area contributed by atoms with Gasteiger partial charge < -0.3 is 16.2 Å². The number of carbonyl (C=O) groups excluding carboxylic acids is 1. The maximum Gasteiger partial charge on any atom is 0.222 e. The summed E-state index contributed by atoms with van der Waals surface area (Å²) in [5.74, 6) is -0.104. The van der Waals surface area contributed by atoms with Gasteiger partial charge in [-0.15, -0.1) is 0 Å². The quantitative estimate of drug-likeness (QED) is 0.477. The number of amides is 1. The topological polar surface area (TPSA) is 75.4 Å². The molecule has 1 amide bonds. The van der Waals surface area contributed by atoms with E-state index in [0.717, 1.165) is 6.54 Å². The summed E-state index contributed by atoms with van der Waals surface area (Å²) in [7, 11) is 0. The molecule has 64 valence electrons. The first-order valence-corrected chi connectivity index (χ1v) is 3.86. The number of aliphatic hydroxyl groups excluding tert-OH is 1. The molecule has 0 spiro atoms. The molecule has 0 aromatic rings. The van der Waals surface area contributed by atoms with E-state index in [1.807, 2.05) is 0 Å². The number of nitrogens with one attached hydrogen (secondary N) is 1. The van der Waals surface area contributed by atoms with Crippen LogP contribution >= 0.6 is 0 Å². The number of primary amides is 1. The molecule has 1 saturated heterocycles. The summed E-state index contributed by atoms with van der Waals surface area (Å²) in [6.07, 6.45) is 0.667. The lowest BCUT2D eigenvalue weighted by molar-refractivity contribution is -0.122. The summed E-state index contributed by atoms with van der Waals surface area (Å²) in [5.41, 5.74) is 5.16. The minimum Gasteiger partial charge on any atom is -0.396 e. The predicted molar refractivity (Wildman–Crippen MR) is 40.7 cm³/mol. The summed E-state index contributed by atoms with van der Waals surface area (Å²) >= 11 is 0. The molecule has 1 heterocycles. The molecule has 0 aliphatic carbocycles. The largest absolute Gasteiger partial charge is 0.396 e. The Balaban J connectivity index is 2.44. The standard InChI is InChI=1S/C7H14N2O2/c8-7(11)6-4-9-3-5(6)1-2-10/h5-6,9-10H,1-4H2,(H2,8,11)/t5?,6-/m1/s1. The van der Waals surface area contributed by atoms with Crippen molar-refractivity contribution in [2.24, 2.45) is 17.6 Å². The van der Waals surface area contributed by atoms with E-state index in [-0.39, 0.29) is 24.3 Å². The molecule has 0 radical (unpaired) electrons. The summed E-state index contributed by atoms with van der Waals surface area (Å²) < 4.78 is 0. The van der Waals surface area contributed by atoms with Crippen molar-refractivity contribution in [2.75, 3.05) is 19.7 Å². The molecule has 0 saturated carbocycles. The van der Waals surface area contributed by atoms with E-state index in [4.69, 9.17) is 10.8 Å². The molecule has 1 rings (SSSR count). The van der Waals surface area contributed by atoms with E-state index in [2.05, 4.69) is 5.32 Å². The average Bonchev–Trinajstić information content (AvgIpc) is 2.36. The molecule has 0 aromatic carbocycles. The Morgan fingerprint density at radius 1 is 1.64 bits per heavy atom. The number of rotatable bonds is 3. The van der Waals surface area contributed by atoms with E-state index < -0.39 is 0 Å². The normalized spacial score (nSPS) is 30.6. The van der Waals surface area contributed by atoms with Gasteiger partial charge in [-0.3, -0.25) is 4.79 Å². The molecular weight excluding hydrogens is 144 g/mol. The number of hydrogen-bond donors (Lipinski definition) is 3. The number of carbonyl (C=O) groups is 1. The van der Waals surface area contributed by atoms with Crippen molar-refractivity contribution in [1.29, 1.82) is 0 Å². The molecule has 4 heteroatoms. The Morgan fingerprint density at radius 2 is 2.36 bits per heavy atom. The van der Waals surface area contributed by atoms with Crippen LogP contribution in [-0.2, 0) is 4.79 Å². The molecule has 1 fully saturated rings. The Kier molecular flexibility index (Phi) is 2.84. The molecule has 0 aromatic heterocycles. The summed E-state index contributed by atoms with van der Waals surface area (Å²) in [6.45, 7) is 1.60.